The van der Waals surface area contributed by atoms with Crippen LogP contribution in [-0.2, 0) is 17.8 Å². The molecule has 0 aromatic carbocycles. The molecule has 2 heterocycles. The first-order chi connectivity index (χ1) is 13.4. The molecule has 1 aliphatic rings. The first-order valence-corrected chi connectivity index (χ1v) is 10.5. The fourth-order valence-corrected chi connectivity index (χ4v) is 4.20. The van der Waals surface area contributed by atoms with Gasteiger partial charge in [-0.05, 0) is 56.7 Å². The molecular weight excluding hydrogens is 372 g/mol. The Bertz CT molecular complexity index is 871. The van der Waals surface area contributed by atoms with Crippen molar-refractivity contribution in [2.75, 3.05) is 6.54 Å². The van der Waals surface area contributed by atoms with E-state index in [1.807, 2.05) is 35.7 Å². The van der Waals surface area contributed by atoms with Crippen molar-refractivity contribution in [2.24, 2.45) is 5.92 Å². The summed E-state index contributed by atoms with van der Waals surface area (Å²) in [6, 6.07) is 4.13. The van der Waals surface area contributed by atoms with Crippen LogP contribution in [0.1, 0.15) is 62.2 Å². The van der Waals surface area contributed by atoms with E-state index in [4.69, 9.17) is 11.6 Å². The maximum Gasteiger partial charge on any atom is 0.247 e. The predicted octanol–water partition coefficient (Wildman–Crippen LogP) is 4.84. The lowest BCUT2D eigenvalue weighted by molar-refractivity contribution is -0.128. The smallest absolute Gasteiger partial charge is 0.247 e. The highest BCUT2D eigenvalue weighted by Gasteiger charge is 2.28. The summed E-state index contributed by atoms with van der Waals surface area (Å²) >= 11 is 6.50. The number of amides is 1. The molecule has 3 rings (SSSR count). The van der Waals surface area contributed by atoms with Gasteiger partial charge >= 0.3 is 0 Å². The van der Waals surface area contributed by atoms with Crippen molar-refractivity contribution in [1.29, 1.82) is 0 Å². The number of likely N-dealkylation sites (N-methyl/N-ethyl adjacent to an activating group) is 1. The van der Waals surface area contributed by atoms with Crippen LogP contribution < -0.4 is 0 Å². The Labute approximate surface area is 172 Å². The average molecular weight is 401 g/mol. The van der Waals surface area contributed by atoms with Gasteiger partial charge in [0.15, 0.2) is 0 Å². The second-order valence-corrected chi connectivity index (χ2v) is 8.14. The van der Waals surface area contributed by atoms with Crippen LogP contribution in [0.25, 0.3) is 6.08 Å². The molecule has 0 radical (unpaired) electrons. The molecule has 2 aromatic heterocycles. The Morgan fingerprint density at radius 2 is 2.25 bits per heavy atom. The Morgan fingerprint density at radius 1 is 1.46 bits per heavy atom. The van der Waals surface area contributed by atoms with Gasteiger partial charge in [-0.3, -0.25) is 14.5 Å². The number of halogens is 1. The lowest BCUT2D eigenvalue weighted by Crippen LogP contribution is -2.36. The van der Waals surface area contributed by atoms with Gasteiger partial charge in [0, 0.05) is 30.9 Å². The molecule has 5 nitrogen and oxygen atoms in total. The minimum absolute atomic E-state index is 0.0157. The summed E-state index contributed by atoms with van der Waals surface area (Å²) in [5.74, 6) is 0.433. The van der Waals surface area contributed by atoms with Crippen molar-refractivity contribution < 1.29 is 4.79 Å². The fourth-order valence-electron chi connectivity index (χ4n) is 3.89. The van der Waals surface area contributed by atoms with Gasteiger partial charge in [-0.2, -0.15) is 5.10 Å². The van der Waals surface area contributed by atoms with Gasteiger partial charge in [-0.1, -0.05) is 31.5 Å². The van der Waals surface area contributed by atoms with Gasteiger partial charge in [-0.15, -0.1) is 0 Å². The van der Waals surface area contributed by atoms with E-state index in [0.29, 0.717) is 17.6 Å². The zero-order chi connectivity index (χ0) is 20.3. The molecule has 0 fully saturated rings. The molecule has 150 valence electrons. The summed E-state index contributed by atoms with van der Waals surface area (Å²) in [7, 11) is 0. The molecular formula is C22H29ClN4O. The normalized spacial score (nSPS) is 16.6. The summed E-state index contributed by atoms with van der Waals surface area (Å²) in [6.45, 7) is 9.59. The summed E-state index contributed by atoms with van der Waals surface area (Å²) < 4.78 is 1.81. The Morgan fingerprint density at radius 3 is 2.96 bits per heavy atom. The summed E-state index contributed by atoms with van der Waals surface area (Å²) in [6.07, 6.45) is 8.29. The average Bonchev–Trinajstić information content (AvgIpc) is 2.93. The van der Waals surface area contributed by atoms with E-state index < -0.39 is 0 Å². The van der Waals surface area contributed by atoms with Crippen LogP contribution in [0.3, 0.4) is 0 Å². The van der Waals surface area contributed by atoms with Crippen LogP contribution in [0.15, 0.2) is 24.4 Å². The van der Waals surface area contributed by atoms with Crippen LogP contribution in [0.5, 0.6) is 0 Å². The van der Waals surface area contributed by atoms with Crippen LogP contribution in [-0.4, -0.2) is 32.1 Å². The topological polar surface area (TPSA) is 51.0 Å². The van der Waals surface area contributed by atoms with E-state index in [9.17, 15) is 4.79 Å². The van der Waals surface area contributed by atoms with E-state index in [1.54, 1.807) is 12.2 Å². The number of carbonyl (C=O) groups is 1. The van der Waals surface area contributed by atoms with Crippen LogP contribution in [0, 0.1) is 12.8 Å². The predicted molar refractivity (Wildman–Crippen MR) is 113 cm³/mol. The number of fused-ring (bicyclic) bond motifs is 1. The molecule has 0 spiro atoms. The van der Waals surface area contributed by atoms with Crippen LogP contribution in [0.2, 0.25) is 5.15 Å². The lowest BCUT2D eigenvalue weighted by Gasteiger charge is -2.33. The zero-order valence-electron chi connectivity index (χ0n) is 17.2. The molecule has 1 atom stereocenters. The summed E-state index contributed by atoms with van der Waals surface area (Å²) in [5, 5.41) is 5.10. The number of hydrogen-bond acceptors (Lipinski definition) is 3. The number of carbonyl (C=O) groups excluding carboxylic acids is 1. The maximum atomic E-state index is 13.0. The van der Waals surface area contributed by atoms with Crippen molar-refractivity contribution in [1.82, 2.24) is 19.7 Å². The third kappa shape index (κ3) is 4.30. The molecule has 0 bridgehead atoms. The molecule has 1 unspecified atom stereocenters. The summed E-state index contributed by atoms with van der Waals surface area (Å²) in [5.41, 5.74) is 3.94. The summed E-state index contributed by atoms with van der Waals surface area (Å²) in [4.78, 5) is 19.5. The van der Waals surface area contributed by atoms with Gasteiger partial charge in [-0.25, -0.2) is 0 Å². The van der Waals surface area contributed by atoms with E-state index >= 15 is 0 Å². The number of aryl methyl sites for hydroxylation is 2. The Balaban J connectivity index is 1.81. The highest BCUT2D eigenvalue weighted by molar-refractivity contribution is 6.31. The first-order valence-electron chi connectivity index (χ1n) is 10.1. The monoisotopic (exact) mass is 400 g/mol. The van der Waals surface area contributed by atoms with Crippen molar-refractivity contribution in [2.45, 2.75) is 59.5 Å². The number of hydrogen-bond donors (Lipinski definition) is 0. The zero-order valence-corrected chi connectivity index (χ0v) is 17.9. The number of aromatic nitrogens is 3. The molecule has 6 heteroatoms. The van der Waals surface area contributed by atoms with Gasteiger partial charge in [0.1, 0.15) is 5.15 Å². The molecule has 28 heavy (non-hydrogen) atoms. The van der Waals surface area contributed by atoms with Crippen LogP contribution >= 0.6 is 11.6 Å². The molecule has 0 saturated carbocycles. The lowest BCUT2D eigenvalue weighted by atomic mass is 9.90. The Hall–Kier alpha value is -2.14. The maximum absolute atomic E-state index is 13.0. The van der Waals surface area contributed by atoms with E-state index in [2.05, 4.69) is 30.0 Å². The minimum Gasteiger partial charge on any atom is -0.331 e. The van der Waals surface area contributed by atoms with Crippen molar-refractivity contribution in [3.63, 3.8) is 0 Å². The molecule has 1 aliphatic carbocycles. The highest BCUT2D eigenvalue weighted by Crippen LogP contribution is 2.33. The molecule has 2 aromatic rings. The van der Waals surface area contributed by atoms with E-state index in [1.165, 1.54) is 5.56 Å². The second-order valence-electron chi connectivity index (χ2n) is 7.78. The largest absolute Gasteiger partial charge is 0.331 e. The van der Waals surface area contributed by atoms with Gasteiger partial charge in [0.05, 0.1) is 17.4 Å². The molecule has 0 N–H and O–H groups in total. The standard InChI is InChI=1S/C22H29ClN4O/c1-5-26(19-10-6-8-17-9-7-13-24-21(17)19)20(28)12-11-18-16(4)25-27(22(18)23)14-15(2)3/h7,9,11-13,15,19H,5-6,8,10,14H2,1-4H3. The molecule has 0 saturated heterocycles. The van der Waals surface area contributed by atoms with Gasteiger partial charge in [0.25, 0.3) is 0 Å². The van der Waals surface area contributed by atoms with Crippen molar-refractivity contribution >= 4 is 23.6 Å². The SMILES string of the molecule is CCN(C(=O)C=Cc1c(C)nn(CC(C)C)c1Cl)C1CCCc2cccnc21. The quantitative estimate of drug-likeness (QED) is 0.652. The second kappa shape index (κ2) is 8.91. The number of nitrogens with zero attached hydrogens (tertiary/aromatic N) is 4. The molecule has 0 aliphatic heterocycles. The Kier molecular flexibility index (Phi) is 6.55. The van der Waals surface area contributed by atoms with Crippen molar-refractivity contribution in [3.05, 3.63) is 52.1 Å². The fraction of sp³-hybridized carbons (Fsp3) is 0.500. The van der Waals surface area contributed by atoms with Crippen molar-refractivity contribution in [3.8, 4) is 0 Å². The van der Waals surface area contributed by atoms with E-state index in [-0.39, 0.29) is 11.9 Å². The van der Waals surface area contributed by atoms with Gasteiger partial charge in [0.2, 0.25) is 5.91 Å². The minimum atomic E-state index is -0.0157. The number of pyridine rings is 1. The third-order valence-corrected chi connectivity index (χ3v) is 5.60. The van der Waals surface area contributed by atoms with Crippen LogP contribution in [0.4, 0.5) is 0 Å². The highest BCUT2D eigenvalue weighted by atomic mass is 35.5. The number of rotatable bonds is 6. The first kappa shape index (κ1) is 20.6. The van der Waals surface area contributed by atoms with Gasteiger partial charge < -0.3 is 4.90 Å². The molecule has 1 amide bonds. The van der Waals surface area contributed by atoms with E-state index in [0.717, 1.165) is 42.8 Å². The third-order valence-electron chi connectivity index (χ3n) is 5.21.